The van der Waals surface area contributed by atoms with E-state index < -0.39 is 5.82 Å². The summed E-state index contributed by atoms with van der Waals surface area (Å²) in [4.78, 5) is 16.1. The van der Waals surface area contributed by atoms with Crippen LogP contribution in [0.2, 0.25) is 0 Å². The summed E-state index contributed by atoms with van der Waals surface area (Å²) >= 11 is 0. The lowest BCUT2D eigenvalue weighted by Gasteiger charge is -2.21. The van der Waals surface area contributed by atoms with Gasteiger partial charge in [0, 0.05) is 46.6 Å². The molecule has 0 bridgehead atoms. The van der Waals surface area contributed by atoms with E-state index in [4.69, 9.17) is 4.74 Å². The summed E-state index contributed by atoms with van der Waals surface area (Å²) in [6.45, 7) is 2.09. The van der Waals surface area contributed by atoms with Crippen molar-refractivity contribution in [3.05, 3.63) is 29.6 Å². The molecule has 1 heterocycles. The number of amides is 1. The number of hydrogen-bond donors (Lipinski definition) is 0. The van der Waals surface area contributed by atoms with Crippen LogP contribution in [-0.4, -0.2) is 51.7 Å². The predicted molar refractivity (Wildman–Crippen MR) is 85.8 cm³/mol. The topological polar surface area (TPSA) is 32.8 Å². The van der Waals surface area contributed by atoms with Gasteiger partial charge in [0.05, 0.1) is 5.56 Å². The summed E-state index contributed by atoms with van der Waals surface area (Å²) in [5.74, 6) is -0.168. The summed E-state index contributed by atoms with van der Waals surface area (Å²) in [6, 6.07) is 4.78. The van der Waals surface area contributed by atoms with Gasteiger partial charge in [-0.15, -0.1) is 0 Å². The quantitative estimate of drug-likeness (QED) is 0.857. The number of anilines is 1. The molecule has 1 aliphatic heterocycles. The van der Waals surface area contributed by atoms with E-state index in [-0.39, 0.29) is 11.5 Å². The predicted octanol–water partition coefficient (Wildman–Crippen LogP) is 2.78. The van der Waals surface area contributed by atoms with Crippen molar-refractivity contribution < 1.29 is 13.9 Å². The van der Waals surface area contributed by atoms with Crippen molar-refractivity contribution in [1.29, 1.82) is 0 Å². The smallest absolute Gasteiger partial charge is 0.256 e. The van der Waals surface area contributed by atoms with Crippen LogP contribution >= 0.6 is 0 Å². The molecule has 122 valence electrons. The number of ether oxygens (including phenoxy) is 1. The standard InChI is InChI=1S/C17H25FN2O2/c1-19(2)14-6-7-15(16(18)11-14)17(21)20-9-4-5-13(8-10-20)12-22-3/h6-7,11,13H,4-5,8-10,12H2,1-3H3. The number of halogens is 1. The average molecular weight is 308 g/mol. The first-order valence-electron chi connectivity index (χ1n) is 7.78. The van der Waals surface area contributed by atoms with Crippen molar-refractivity contribution in [2.75, 3.05) is 45.8 Å². The third-order valence-electron chi connectivity index (χ3n) is 4.24. The van der Waals surface area contributed by atoms with Gasteiger partial charge in [-0.3, -0.25) is 4.79 Å². The molecule has 0 aliphatic carbocycles. The van der Waals surface area contributed by atoms with Gasteiger partial charge >= 0.3 is 0 Å². The maximum Gasteiger partial charge on any atom is 0.256 e. The molecule has 1 saturated heterocycles. The fourth-order valence-electron chi connectivity index (χ4n) is 2.90. The Morgan fingerprint density at radius 1 is 1.36 bits per heavy atom. The molecule has 0 aromatic heterocycles. The molecular formula is C17H25FN2O2. The highest BCUT2D eigenvalue weighted by atomic mass is 19.1. The molecule has 0 spiro atoms. The Morgan fingerprint density at radius 3 is 2.77 bits per heavy atom. The van der Waals surface area contributed by atoms with E-state index in [9.17, 15) is 9.18 Å². The molecule has 2 rings (SSSR count). The molecular weight excluding hydrogens is 283 g/mol. The van der Waals surface area contributed by atoms with Gasteiger partial charge in [-0.25, -0.2) is 4.39 Å². The van der Waals surface area contributed by atoms with Crippen molar-refractivity contribution in [3.63, 3.8) is 0 Å². The lowest BCUT2D eigenvalue weighted by atomic mass is 10.0. The van der Waals surface area contributed by atoms with Gasteiger partial charge in [0.15, 0.2) is 0 Å². The van der Waals surface area contributed by atoms with Gasteiger partial charge in [0.2, 0.25) is 0 Å². The van der Waals surface area contributed by atoms with E-state index >= 15 is 0 Å². The second-order valence-electron chi connectivity index (χ2n) is 6.10. The highest BCUT2D eigenvalue weighted by Gasteiger charge is 2.23. The maximum atomic E-state index is 14.2. The minimum absolute atomic E-state index is 0.163. The third kappa shape index (κ3) is 3.97. The second kappa shape index (κ2) is 7.58. The van der Waals surface area contributed by atoms with Gasteiger partial charge < -0.3 is 14.5 Å². The molecule has 0 N–H and O–H groups in total. The number of likely N-dealkylation sites (tertiary alicyclic amines) is 1. The van der Waals surface area contributed by atoms with Gasteiger partial charge in [-0.2, -0.15) is 0 Å². The summed E-state index contributed by atoms with van der Waals surface area (Å²) in [6.07, 6.45) is 2.91. The molecule has 4 nitrogen and oxygen atoms in total. The number of benzene rings is 1. The summed E-state index contributed by atoms with van der Waals surface area (Å²) < 4.78 is 19.4. The molecule has 1 aromatic rings. The molecule has 5 heteroatoms. The van der Waals surface area contributed by atoms with E-state index in [2.05, 4.69) is 0 Å². The van der Waals surface area contributed by atoms with Crippen LogP contribution in [-0.2, 0) is 4.74 Å². The van der Waals surface area contributed by atoms with Gasteiger partial charge in [0.25, 0.3) is 5.91 Å². The first kappa shape index (κ1) is 16.7. The van der Waals surface area contributed by atoms with E-state index in [1.807, 2.05) is 19.0 Å². The molecule has 1 fully saturated rings. The summed E-state index contributed by atoms with van der Waals surface area (Å²) in [7, 11) is 5.40. The van der Waals surface area contributed by atoms with Crippen molar-refractivity contribution in [3.8, 4) is 0 Å². The molecule has 1 amide bonds. The molecule has 0 radical (unpaired) electrons. The van der Waals surface area contributed by atoms with Crippen molar-refractivity contribution in [1.82, 2.24) is 4.90 Å². The Kier molecular flexibility index (Phi) is 5.77. The van der Waals surface area contributed by atoms with Gasteiger partial charge in [-0.1, -0.05) is 0 Å². The van der Waals surface area contributed by atoms with Crippen LogP contribution in [0.5, 0.6) is 0 Å². The van der Waals surface area contributed by atoms with E-state index in [1.54, 1.807) is 24.1 Å². The molecule has 1 aliphatic rings. The Bertz CT molecular complexity index is 519. The van der Waals surface area contributed by atoms with Crippen LogP contribution in [0.1, 0.15) is 29.6 Å². The van der Waals surface area contributed by atoms with E-state index in [1.165, 1.54) is 6.07 Å². The Labute approximate surface area is 131 Å². The van der Waals surface area contributed by atoms with Crippen LogP contribution < -0.4 is 4.90 Å². The number of rotatable bonds is 4. The first-order chi connectivity index (χ1) is 10.5. The average Bonchev–Trinajstić information content (AvgIpc) is 2.72. The van der Waals surface area contributed by atoms with Crippen molar-refractivity contribution >= 4 is 11.6 Å². The highest BCUT2D eigenvalue weighted by molar-refractivity contribution is 5.94. The number of hydrogen-bond acceptors (Lipinski definition) is 3. The minimum Gasteiger partial charge on any atom is -0.384 e. The van der Waals surface area contributed by atoms with Gasteiger partial charge in [-0.05, 0) is 43.4 Å². The minimum atomic E-state index is -0.450. The fraction of sp³-hybridized carbons (Fsp3) is 0.588. The zero-order valence-corrected chi connectivity index (χ0v) is 13.6. The van der Waals surface area contributed by atoms with Crippen LogP contribution in [0.15, 0.2) is 18.2 Å². The second-order valence-corrected chi connectivity index (χ2v) is 6.10. The number of carbonyl (C=O) groups excluding carboxylic acids is 1. The zero-order valence-electron chi connectivity index (χ0n) is 13.6. The van der Waals surface area contributed by atoms with Crippen LogP contribution in [0.4, 0.5) is 10.1 Å². The van der Waals surface area contributed by atoms with Crippen molar-refractivity contribution in [2.24, 2.45) is 5.92 Å². The number of methoxy groups -OCH3 is 1. The molecule has 22 heavy (non-hydrogen) atoms. The normalized spacial score (nSPS) is 18.9. The van der Waals surface area contributed by atoms with Gasteiger partial charge in [0.1, 0.15) is 5.82 Å². The maximum absolute atomic E-state index is 14.2. The summed E-state index contributed by atoms with van der Waals surface area (Å²) in [5, 5.41) is 0. The Balaban J connectivity index is 2.08. The van der Waals surface area contributed by atoms with E-state index in [0.717, 1.165) is 31.6 Å². The lowest BCUT2D eigenvalue weighted by Crippen LogP contribution is -2.32. The van der Waals surface area contributed by atoms with E-state index in [0.29, 0.717) is 19.0 Å². The lowest BCUT2D eigenvalue weighted by molar-refractivity contribution is 0.0751. The Morgan fingerprint density at radius 2 is 2.14 bits per heavy atom. The molecule has 1 atom stereocenters. The number of nitrogens with zero attached hydrogens (tertiary/aromatic N) is 2. The fourth-order valence-corrected chi connectivity index (χ4v) is 2.90. The summed E-state index contributed by atoms with van der Waals surface area (Å²) in [5.41, 5.74) is 0.917. The third-order valence-corrected chi connectivity index (χ3v) is 4.24. The van der Waals surface area contributed by atoms with Crippen LogP contribution in [0.3, 0.4) is 0 Å². The first-order valence-corrected chi connectivity index (χ1v) is 7.78. The molecule has 1 aromatic carbocycles. The van der Waals surface area contributed by atoms with Crippen LogP contribution in [0.25, 0.3) is 0 Å². The largest absolute Gasteiger partial charge is 0.384 e. The zero-order chi connectivity index (χ0) is 16.1. The number of carbonyl (C=O) groups is 1. The Hall–Kier alpha value is -1.62. The van der Waals surface area contributed by atoms with Crippen molar-refractivity contribution in [2.45, 2.75) is 19.3 Å². The molecule has 1 unspecified atom stereocenters. The SMILES string of the molecule is COCC1CCCN(C(=O)c2ccc(N(C)C)cc2F)CC1. The highest BCUT2D eigenvalue weighted by Crippen LogP contribution is 2.22. The van der Waals surface area contributed by atoms with Crippen LogP contribution in [0, 0.1) is 11.7 Å². The monoisotopic (exact) mass is 308 g/mol. The molecule has 0 saturated carbocycles.